The normalized spacial score (nSPS) is 12.2. The Balaban J connectivity index is 2.17. The monoisotopic (exact) mass is 475 g/mol. The Bertz CT molecular complexity index is 608. The topological polar surface area (TPSA) is 21.3 Å². The van der Waals surface area contributed by atoms with E-state index in [1.807, 2.05) is 25.2 Å². The van der Waals surface area contributed by atoms with Crippen molar-refractivity contribution < 1.29 is 4.74 Å². The minimum atomic E-state index is 0.147. The molecule has 0 heterocycles. The van der Waals surface area contributed by atoms with Crippen LogP contribution in [0.25, 0.3) is 0 Å². The third kappa shape index (κ3) is 4.31. The number of nitrogens with one attached hydrogen (secondary N) is 1. The lowest BCUT2D eigenvalue weighted by atomic mass is 10.0. The second-order valence-electron chi connectivity index (χ2n) is 4.71. The van der Waals surface area contributed by atoms with Crippen LogP contribution in [0.4, 0.5) is 0 Å². The number of ether oxygens (including phenoxy) is 1. The Morgan fingerprint density at radius 3 is 2.29 bits per heavy atom. The number of benzene rings is 2. The highest BCUT2D eigenvalue weighted by atomic mass is 79.9. The first kappa shape index (κ1) is 17.0. The molecule has 2 rings (SSSR count). The fraction of sp³-hybridized carbons (Fsp3) is 0.250. The van der Waals surface area contributed by atoms with Crippen LogP contribution in [0.1, 0.15) is 17.2 Å². The van der Waals surface area contributed by atoms with Crippen molar-refractivity contribution in [2.24, 2.45) is 0 Å². The molecule has 0 aliphatic rings. The van der Waals surface area contributed by atoms with Gasteiger partial charge in [0.15, 0.2) is 0 Å². The van der Waals surface area contributed by atoms with Crippen LogP contribution in [0, 0.1) is 6.92 Å². The van der Waals surface area contributed by atoms with Gasteiger partial charge < -0.3 is 10.1 Å². The van der Waals surface area contributed by atoms with Crippen LogP contribution < -0.4 is 10.1 Å². The van der Waals surface area contributed by atoms with Gasteiger partial charge in [-0.25, -0.2) is 0 Å². The predicted molar refractivity (Wildman–Crippen MR) is 98.0 cm³/mol. The molecule has 2 aromatic carbocycles. The van der Waals surface area contributed by atoms with Gasteiger partial charge in [-0.05, 0) is 69.1 Å². The van der Waals surface area contributed by atoms with Gasteiger partial charge in [0, 0.05) is 4.47 Å². The molecule has 0 saturated carbocycles. The van der Waals surface area contributed by atoms with Crippen molar-refractivity contribution >= 4 is 47.8 Å². The van der Waals surface area contributed by atoms with Crippen LogP contribution in [0.2, 0.25) is 0 Å². The second kappa shape index (κ2) is 7.77. The van der Waals surface area contributed by atoms with E-state index in [2.05, 4.69) is 78.2 Å². The van der Waals surface area contributed by atoms with Crippen molar-refractivity contribution in [1.82, 2.24) is 5.32 Å². The molecule has 0 amide bonds. The summed E-state index contributed by atoms with van der Waals surface area (Å²) in [5.41, 5.74) is 2.51. The number of halogens is 3. The Labute approximate surface area is 150 Å². The maximum atomic E-state index is 6.01. The maximum absolute atomic E-state index is 6.01. The lowest BCUT2D eigenvalue weighted by Crippen LogP contribution is -2.24. The molecule has 0 bridgehead atoms. The van der Waals surface area contributed by atoms with Gasteiger partial charge in [0.05, 0.1) is 15.0 Å². The molecular formula is C16H16Br3NO. The number of hydrogen-bond acceptors (Lipinski definition) is 2. The zero-order valence-electron chi connectivity index (χ0n) is 11.8. The maximum Gasteiger partial charge on any atom is 0.147 e. The van der Waals surface area contributed by atoms with Crippen molar-refractivity contribution in [2.45, 2.75) is 13.0 Å². The first-order chi connectivity index (χ1) is 10.0. The van der Waals surface area contributed by atoms with Crippen LogP contribution in [0.5, 0.6) is 5.75 Å². The summed E-state index contributed by atoms with van der Waals surface area (Å²) in [6.45, 7) is 2.67. The Hall–Kier alpha value is -0.360. The average molecular weight is 478 g/mol. The Morgan fingerprint density at radius 2 is 1.71 bits per heavy atom. The van der Waals surface area contributed by atoms with E-state index < -0.39 is 0 Å². The molecule has 112 valence electrons. The quantitative estimate of drug-likeness (QED) is 0.603. The molecule has 1 N–H and O–H groups in total. The summed E-state index contributed by atoms with van der Waals surface area (Å²) in [6.07, 6.45) is 0. The highest BCUT2D eigenvalue weighted by molar-refractivity contribution is 9.11. The molecule has 0 aliphatic heterocycles. The molecule has 0 aromatic heterocycles. The summed E-state index contributed by atoms with van der Waals surface area (Å²) in [5.74, 6) is 0.812. The van der Waals surface area contributed by atoms with Gasteiger partial charge in [-0.1, -0.05) is 40.2 Å². The van der Waals surface area contributed by atoms with E-state index in [4.69, 9.17) is 4.74 Å². The lowest BCUT2D eigenvalue weighted by molar-refractivity contribution is 0.269. The summed E-state index contributed by atoms with van der Waals surface area (Å²) in [5, 5.41) is 3.31. The van der Waals surface area contributed by atoms with Crippen molar-refractivity contribution in [3.63, 3.8) is 0 Å². The van der Waals surface area contributed by atoms with Crippen molar-refractivity contribution in [3.05, 3.63) is 60.9 Å². The van der Waals surface area contributed by atoms with Crippen molar-refractivity contribution in [2.75, 3.05) is 13.7 Å². The Kier molecular flexibility index (Phi) is 6.29. The zero-order valence-corrected chi connectivity index (χ0v) is 16.5. The average Bonchev–Trinajstić information content (AvgIpc) is 2.43. The van der Waals surface area contributed by atoms with Crippen LogP contribution in [-0.4, -0.2) is 13.7 Å². The summed E-state index contributed by atoms with van der Waals surface area (Å²) >= 11 is 10.5. The lowest BCUT2D eigenvalue weighted by Gasteiger charge is -2.20. The van der Waals surface area contributed by atoms with Crippen molar-refractivity contribution in [1.29, 1.82) is 0 Å². The van der Waals surface area contributed by atoms with Gasteiger partial charge in [0.2, 0.25) is 0 Å². The Morgan fingerprint density at radius 1 is 1.10 bits per heavy atom. The number of likely N-dealkylation sites (N-methyl/N-ethyl adjacent to an activating group) is 1. The zero-order chi connectivity index (χ0) is 15.4. The minimum Gasteiger partial charge on any atom is -0.489 e. The summed E-state index contributed by atoms with van der Waals surface area (Å²) in [6, 6.07) is 12.4. The van der Waals surface area contributed by atoms with Gasteiger partial charge in [-0.3, -0.25) is 0 Å². The molecular weight excluding hydrogens is 462 g/mol. The molecule has 2 aromatic rings. The molecule has 0 spiro atoms. The van der Waals surface area contributed by atoms with Crippen LogP contribution in [0.15, 0.2) is 49.8 Å². The standard InChI is InChI=1S/C16H16Br3NO/c1-10-5-3-4-6-12(10)15(20-2)9-21-16-13(18)7-11(17)8-14(16)19/h3-8,15,20H,9H2,1-2H3. The van der Waals surface area contributed by atoms with Gasteiger partial charge in [-0.15, -0.1) is 0 Å². The molecule has 0 saturated heterocycles. The van der Waals surface area contributed by atoms with E-state index in [1.54, 1.807) is 0 Å². The van der Waals surface area contributed by atoms with Crippen LogP contribution in [-0.2, 0) is 0 Å². The number of rotatable bonds is 5. The van der Waals surface area contributed by atoms with E-state index >= 15 is 0 Å². The van der Waals surface area contributed by atoms with E-state index in [1.165, 1.54) is 11.1 Å². The molecule has 1 unspecified atom stereocenters. The largest absolute Gasteiger partial charge is 0.489 e. The highest BCUT2D eigenvalue weighted by Gasteiger charge is 2.15. The van der Waals surface area contributed by atoms with Crippen LogP contribution in [0.3, 0.4) is 0 Å². The summed E-state index contributed by atoms with van der Waals surface area (Å²) in [7, 11) is 1.95. The fourth-order valence-electron chi connectivity index (χ4n) is 2.14. The van der Waals surface area contributed by atoms with Crippen molar-refractivity contribution in [3.8, 4) is 5.75 Å². The van der Waals surface area contributed by atoms with Gasteiger partial charge >= 0.3 is 0 Å². The van der Waals surface area contributed by atoms with Crippen LogP contribution >= 0.6 is 47.8 Å². The number of hydrogen-bond donors (Lipinski definition) is 1. The smallest absolute Gasteiger partial charge is 0.147 e. The third-order valence-electron chi connectivity index (χ3n) is 3.27. The van der Waals surface area contributed by atoms with E-state index in [9.17, 15) is 0 Å². The minimum absolute atomic E-state index is 0.147. The summed E-state index contributed by atoms with van der Waals surface area (Å²) < 4.78 is 8.85. The first-order valence-corrected chi connectivity index (χ1v) is 8.91. The molecule has 2 nitrogen and oxygen atoms in total. The predicted octanol–water partition coefficient (Wildman–Crippen LogP) is 5.62. The molecule has 1 atom stereocenters. The van der Waals surface area contributed by atoms with Gasteiger partial charge in [-0.2, -0.15) is 0 Å². The first-order valence-electron chi connectivity index (χ1n) is 6.53. The molecule has 0 radical (unpaired) electrons. The molecule has 0 fully saturated rings. The second-order valence-corrected chi connectivity index (χ2v) is 7.33. The van der Waals surface area contributed by atoms with E-state index in [0.717, 1.165) is 19.2 Å². The molecule has 5 heteroatoms. The molecule has 21 heavy (non-hydrogen) atoms. The third-order valence-corrected chi connectivity index (χ3v) is 4.91. The summed E-state index contributed by atoms with van der Waals surface area (Å²) in [4.78, 5) is 0. The SMILES string of the molecule is CNC(COc1c(Br)cc(Br)cc1Br)c1ccccc1C. The van der Waals surface area contributed by atoms with E-state index in [0.29, 0.717) is 6.61 Å². The van der Waals surface area contributed by atoms with Gasteiger partial charge in [0.1, 0.15) is 12.4 Å². The van der Waals surface area contributed by atoms with E-state index in [-0.39, 0.29) is 6.04 Å². The number of aryl methyl sites for hydroxylation is 1. The fourth-order valence-corrected chi connectivity index (χ4v) is 4.63. The molecule has 0 aliphatic carbocycles. The van der Waals surface area contributed by atoms with Gasteiger partial charge in [0.25, 0.3) is 0 Å². The highest BCUT2D eigenvalue weighted by Crippen LogP contribution is 2.37.